The van der Waals surface area contributed by atoms with Crippen molar-refractivity contribution in [3.05, 3.63) is 16.6 Å². The Balaban J connectivity index is 1.99. The summed E-state index contributed by atoms with van der Waals surface area (Å²) in [4.78, 5) is 18.9. The van der Waals surface area contributed by atoms with Gasteiger partial charge in [0.2, 0.25) is 0 Å². The van der Waals surface area contributed by atoms with Crippen LogP contribution in [0.15, 0.2) is 11.7 Å². The third kappa shape index (κ3) is 2.35. The molecule has 2 rings (SSSR count). The van der Waals surface area contributed by atoms with Gasteiger partial charge in [-0.25, -0.2) is 0 Å². The van der Waals surface area contributed by atoms with Gasteiger partial charge < -0.3 is 4.74 Å². The van der Waals surface area contributed by atoms with Gasteiger partial charge in [0, 0.05) is 17.6 Å². The summed E-state index contributed by atoms with van der Waals surface area (Å²) in [6.07, 6.45) is 3.83. The Hall–Kier alpha value is -0.940. The number of methoxy groups -OCH3 is 1. The molecule has 1 fully saturated rings. The minimum absolute atomic E-state index is 0.0582. The van der Waals surface area contributed by atoms with Crippen LogP contribution in [-0.2, 0) is 16.1 Å². The van der Waals surface area contributed by atoms with Gasteiger partial charge in [-0.1, -0.05) is 0 Å². The Morgan fingerprint density at radius 2 is 2.67 bits per heavy atom. The normalized spacial score (nSPS) is 21.8. The monoisotopic (exact) mass is 226 g/mol. The van der Waals surface area contributed by atoms with E-state index < -0.39 is 0 Å². The van der Waals surface area contributed by atoms with Crippen molar-refractivity contribution in [2.75, 3.05) is 13.7 Å². The second-order valence-corrected chi connectivity index (χ2v) is 4.59. The molecule has 5 heteroatoms. The van der Waals surface area contributed by atoms with Gasteiger partial charge in [0.15, 0.2) is 0 Å². The third-order valence-corrected chi connectivity index (χ3v) is 3.44. The zero-order chi connectivity index (χ0) is 10.7. The van der Waals surface area contributed by atoms with Crippen LogP contribution in [0, 0.1) is 0 Å². The maximum absolute atomic E-state index is 11.5. The summed E-state index contributed by atoms with van der Waals surface area (Å²) < 4.78 is 4.79. The van der Waals surface area contributed by atoms with Gasteiger partial charge in [-0.05, 0) is 19.4 Å². The number of carbonyl (C=O) groups excluding carboxylic acids is 1. The van der Waals surface area contributed by atoms with Crippen molar-refractivity contribution in [1.82, 2.24) is 9.88 Å². The summed E-state index contributed by atoms with van der Waals surface area (Å²) in [5.74, 6) is -0.114. The first kappa shape index (κ1) is 10.6. The first-order chi connectivity index (χ1) is 7.31. The van der Waals surface area contributed by atoms with E-state index in [-0.39, 0.29) is 12.0 Å². The number of hydrogen-bond donors (Lipinski definition) is 0. The van der Waals surface area contributed by atoms with Crippen molar-refractivity contribution in [2.24, 2.45) is 0 Å². The Morgan fingerprint density at radius 1 is 1.80 bits per heavy atom. The Labute approximate surface area is 92.9 Å². The summed E-state index contributed by atoms with van der Waals surface area (Å²) in [5, 5.41) is 0. The second-order valence-electron chi connectivity index (χ2n) is 3.62. The van der Waals surface area contributed by atoms with Crippen molar-refractivity contribution >= 4 is 17.3 Å². The lowest BCUT2D eigenvalue weighted by Gasteiger charge is -2.21. The summed E-state index contributed by atoms with van der Waals surface area (Å²) in [7, 11) is 1.45. The quantitative estimate of drug-likeness (QED) is 0.728. The number of rotatable bonds is 3. The fourth-order valence-corrected chi connectivity index (χ4v) is 2.56. The Morgan fingerprint density at radius 3 is 3.33 bits per heavy atom. The van der Waals surface area contributed by atoms with Crippen LogP contribution in [0.1, 0.15) is 17.7 Å². The van der Waals surface area contributed by atoms with E-state index in [1.54, 1.807) is 11.3 Å². The van der Waals surface area contributed by atoms with Gasteiger partial charge in [-0.2, -0.15) is 0 Å². The molecule has 2 heterocycles. The lowest BCUT2D eigenvalue weighted by atomic mass is 10.2. The van der Waals surface area contributed by atoms with E-state index in [1.165, 1.54) is 12.0 Å². The highest BCUT2D eigenvalue weighted by atomic mass is 32.1. The summed E-state index contributed by atoms with van der Waals surface area (Å²) in [6, 6.07) is -0.0582. The molecule has 1 unspecified atom stereocenters. The van der Waals surface area contributed by atoms with Crippen LogP contribution in [0.25, 0.3) is 0 Å². The van der Waals surface area contributed by atoms with Crippen molar-refractivity contribution in [3.63, 3.8) is 0 Å². The minimum atomic E-state index is -0.114. The topological polar surface area (TPSA) is 42.4 Å². The molecule has 1 saturated heterocycles. The smallest absolute Gasteiger partial charge is 0.323 e. The average molecular weight is 226 g/mol. The number of thiazole rings is 1. The number of nitrogens with zero attached hydrogens (tertiary/aromatic N) is 2. The molecule has 0 aliphatic carbocycles. The van der Waals surface area contributed by atoms with Crippen LogP contribution < -0.4 is 0 Å². The number of esters is 1. The van der Waals surface area contributed by atoms with Gasteiger partial charge in [0.1, 0.15) is 6.04 Å². The molecule has 0 spiro atoms. The second kappa shape index (κ2) is 4.72. The van der Waals surface area contributed by atoms with Crippen LogP contribution in [0.5, 0.6) is 0 Å². The van der Waals surface area contributed by atoms with Gasteiger partial charge in [-0.3, -0.25) is 14.7 Å². The highest BCUT2D eigenvalue weighted by Gasteiger charge is 2.31. The lowest BCUT2D eigenvalue weighted by molar-refractivity contribution is -0.146. The molecule has 0 amide bonds. The van der Waals surface area contributed by atoms with Crippen molar-refractivity contribution in [2.45, 2.75) is 25.4 Å². The van der Waals surface area contributed by atoms with E-state index in [0.29, 0.717) is 0 Å². The molecular weight excluding hydrogens is 212 g/mol. The van der Waals surface area contributed by atoms with E-state index in [4.69, 9.17) is 4.74 Å². The number of hydrogen-bond acceptors (Lipinski definition) is 5. The van der Waals surface area contributed by atoms with Gasteiger partial charge >= 0.3 is 5.97 Å². The zero-order valence-electron chi connectivity index (χ0n) is 8.68. The molecule has 1 aromatic rings. The molecule has 0 aromatic carbocycles. The van der Waals surface area contributed by atoms with E-state index in [0.717, 1.165) is 25.9 Å². The molecule has 82 valence electrons. The lowest BCUT2D eigenvalue weighted by Crippen LogP contribution is -2.36. The molecule has 4 nitrogen and oxygen atoms in total. The molecule has 15 heavy (non-hydrogen) atoms. The highest BCUT2D eigenvalue weighted by Crippen LogP contribution is 2.22. The molecule has 1 aliphatic rings. The molecule has 0 bridgehead atoms. The van der Waals surface area contributed by atoms with Crippen LogP contribution in [0.2, 0.25) is 0 Å². The molecule has 1 atom stereocenters. The molecule has 1 aromatic heterocycles. The molecule has 0 radical (unpaired) electrons. The predicted octanol–water partition coefficient (Wildman–Crippen LogP) is 1.28. The van der Waals surface area contributed by atoms with E-state index >= 15 is 0 Å². The Kier molecular flexibility index (Phi) is 3.33. The molecule has 0 saturated carbocycles. The fourth-order valence-electron chi connectivity index (χ4n) is 1.94. The SMILES string of the molecule is COC(=O)C1CCCN1Cc1cncs1. The van der Waals surface area contributed by atoms with Crippen LogP contribution in [0.3, 0.4) is 0 Å². The fraction of sp³-hybridized carbons (Fsp3) is 0.600. The van der Waals surface area contributed by atoms with Crippen molar-refractivity contribution in [3.8, 4) is 0 Å². The van der Waals surface area contributed by atoms with E-state index in [2.05, 4.69) is 9.88 Å². The summed E-state index contributed by atoms with van der Waals surface area (Å²) in [5.41, 5.74) is 1.82. The number of carbonyl (C=O) groups is 1. The first-order valence-electron chi connectivity index (χ1n) is 5.00. The number of likely N-dealkylation sites (tertiary alicyclic amines) is 1. The number of ether oxygens (including phenoxy) is 1. The molecular formula is C10H14N2O2S. The highest BCUT2D eigenvalue weighted by molar-refractivity contribution is 7.09. The van der Waals surface area contributed by atoms with E-state index in [1.807, 2.05) is 11.7 Å². The summed E-state index contributed by atoms with van der Waals surface area (Å²) in [6.45, 7) is 1.78. The van der Waals surface area contributed by atoms with Gasteiger partial charge in [0.25, 0.3) is 0 Å². The maximum atomic E-state index is 11.5. The minimum Gasteiger partial charge on any atom is -0.468 e. The third-order valence-electron chi connectivity index (χ3n) is 2.68. The number of aromatic nitrogens is 1. The van der Waals surface area contributed by atoms with E-state index in [9.17, 15) is 4.79 Å². The van der Waals surface area contributed by atoms with Gasteiger partial charge in [-0.15, -0.1) is 11.3 Å². The van der Waals surface area contributed by atoms with Crippen LogP contribution >= 0.6 is 11.3 Å². The molecule has 1 aliphatic heterocycles. The maximum Gasteiger partial charge on any atom is 0.323 e. The van der Waals surface area contributed by atoms with Gasteiger partial charge in [0.05, 0.1) is 12.6 Å². The average Bonchev–Trinajstić information content (AvgIpc) is 2.88. The largest absolute Gasteiger partial charge is 0.468 e. The van der Waals surface area contributed by atoms with Crippen LogP contribution in [-0.4, -0.2) is 35.5 Å². The standard InChI is InChI=1S/C10H14N2O2S/c1-14-10(13)9-3-2-4-12(9)6-8-5-11-7-15-8/h5,7,9H,2-4,6H2,1H3. The molecule has 0 N–H and O–H groups in total. The summed E-state index contributed by atoms with van der Waals surface area (Å²) >= 11 is 1.63. The predicted molar refractivity (Wildman–Crippen MR) is 57.6 cm³/mol. The zero-order valence-corrected chi connectivity index (χ0v) is 9.50. The van der Waals surface area contributed by atoms with Crippen molar-refractivity contribution in [1.29, 1.82) is 0 Å². The first-order valence-corrected chi connectivity index (χ1v) is 5.88. The Bertz CT molecular complexity index is 326. The van der Waals surface area contributed by atoms with Crippen LogP contribution in [0.4, 0.5) is 0 Å². The van der Waals surface area contributed by atoms with Crippen molar-refractivity contribution < 1.29 is 9.53 Å².